The summed E-state index contributed by atoms with van der Waals surface area (Å²) in [7, 11) is 1.62. The highest BCUT2D eigenvalue weighted by Gasteiger charge is 2.05. The molecule has 13 heavy (non-hydrogen) atoms. The van der Waals surface area contributed by atoms with Crippen LogP contribution in [0, 0.1) is 9.62 Å². The maximum atomic E-state index is 5.09. The predicted molar refractivity (Wildman–Crippen MR) is 59.8 cm³/mol. The van der Waals surface area contributed by atoms with Gasteiger partial charge in [0.05, 0.1) is 12.8 Å². The van der Waals surface area contributed by atoms with Crippen LogP contribution in [-0.4, -0.2) is 17.1 Å². The molecule has 72 valence electrons. The van der Waals surface area contributed by atoms with Crippen LogP contribution in [0.15, 0.2) is 6.20 Å². The first-order valence-corrected chi connectivity index (χ1v) is 5.26. The van der Waals surface area contributed by atoms with E-state index >= 15 is 0 Å². The predicted octanol–water partition coefficient (Wildman–Crippen LogP) is 2.29. The van der Waals surface area contributed by atoms with Crippen molar-refractivity contribution in [3.63, 3.8) is 0 Å². The van der Waals surface area contributed by atoms with Crippen LogP contribution in [0.1, 0.15) is 19.5 Å². The van der Waals surface area contributed by atoms with Gasteiger partial charge in [-0.25, -0.2) is 9.97 Å². The number of halogens is 1. The maximum absolute atomic E-state index is 5.09. The molecule has 0 aliphatic carbocycles. The van der Waals surface area contributed by atoms with Crippen molar-refractivity contribution in [3.05, 3.63) is 15.6 Å². The molecule has 0 spiro atoms. The van der Waals surface area contributed by atoms with Crippen LogP contribution in [0.25, 0.3) is 0 Å². The Morgan fingerprint density at radius 2 is 2.23 bits per heavy atom. The highest BCUT2D eigenvalue weighted by Crippen LogP contribution is 2.16. The van der Waals surface area contributed by atoms with Gasteiger partial charge in [0.1, 0.15) is 0 Å². The van der Waals surface area contributed by atoms with E-state index in [2.05, 4.69) is 46.4 Å². The van der Waals surface area contributed by atoms with Gasteiger partial charge in [-0.15, -0.1) is 0 Å². The average molecular weight is 292 g/mol. The van der Waals surface area contributed by atoms with Gasteiger partial charge in [0.25, 0.3) is 0 Å². The largest absolute Gasteiger partial charge is 0.479 e. The Hall–Kier alpha value is -0.390. The molecule has 0 aromatic carbocycles. The molecule has 0 radical (unpaired) electrons. The summed E-state index contributed by atoms with van der Waals surface area (Å²) in [4.78, 5) is 8.54. The Kier molecular flexibility index (Phi) is 3.90. The van der Waals surface area contributed by atoms with Crippen LogP contribution < -0.4 is 4.74 Å². The van der Waals surface area contributed by atoms with Crippen LogP contribution in [0.4, 0.5) is 0 Å². The van der Waals surface area contributed by atoms with Crippen molar-refractivity contribution in [3.8, 4) is 5.88 Å². The van der Waals surface area contributed by atoms with Crippen molar-refractivity contribution in [2.24, 2.45) is 5.92 Å². The van der Waals surface area contributed by atoms with Gasteiger partial charge in [-0.1, -0.05) is 13.8 Å². The molecule has 1 aromatic rings. The van der Waals surface area contributed by atoms with E-state index in [0.29, 0.717) is 11.8 Å². The van der Waals surface area contributed by atoms with Crippen LogP contribution >= 0.6 is 22.6 Å². The van der Waals surface area contributed by atoms with Crippen LogP contribution in [0.5, 0.6) is 5.88 Å². The Balaban J connectivity index is 2.86. The highest BCUT2D eigenvalue weighted by molar-refractivity contribution is 14.1. The van der Waals surface area contributed by atoms with Gasteiger partial charge in [0.15, 0.2) is 3.70 Å². The van der Waals surface area contributed by atoms with Crippen LogP contribution in [-0.2, 0) is 6.42 Å². The summed E-state index contributed by atoms with van der Waals surface area (Å²) in [6, 6.07) is 0. The number of methoxy groups -OCH3 is 1. The first-order valence-electron chi connectivity index (χ1n) is 4.19. The van der Waals surface area contributed by atoms with Crippen molar-refractivity contribution >= 4 is 22.6 Å². The highest BCUT2D eigenvalue weighted by atomic mass is 127. The van der Waals surface area contributed by atoms with E-state index in [-0.39, 0.29) is 0 Å². The molecule has 0 amide bonds. The second-order valence-corrected chi connectivity index (χ2v) is 4.28. The number of aromatic nitrogens is 2. The first kappa shape index (κ1) is 10.7. The van der Waals surface area contributed by atoms with E-state index in [0.717, 1.165) is 15.8 Å². The quantitative estimate of drug-likeness (QED) is 0.802. The summed E-state index contributed by atoms with van der Waals surface area (Å²) < 4.78 is 5.90. The van der Waals surface area contributed by atoms with Gasteiger partial charge in [-0.3, -0.25) is 0 Å². The molecule has 1 heterocycles. The second-order valence-electron chi connectivity index (χ2n) is 3.26. The van der Waals surface area contributed by atoms with E-state index in [1.807, 2.05) is 6.20 Å². The fourth-order valence-corrected chi connectivity index (χ4v) is 1.52. The monoisotopic (exact) mass is 292 g/mol. The van der Waals surface area contributed by atoms with E-state index < -0.39 is 0 Å². The molecule has 0 saturated heterocycles. The Morgan fingerprint density at radius 3 is 2.77 bits per heavy atom. The summed E-state index contributed by atoms with van der Waals surface area (Å²) in [5.74, 6) is 1.22. The van der Waals surface area contributed by atoms with Gasteiger partial charge in [-0.05, 0) is 34.9 Å². The molecule has 0 aliphatic rings. The minimum atomic E-state index is 0.596. The molecule has 0 saturated carbocycles. The molecule has 0 bridgehead atoms. The zero-order valence-electron chi connectivity index (χ0n) is 8.04. The number of hydrogen-bond acceptors (Lipinski definition) is 3. The average Bonchev–Trinajstić information content (AvgIpc) is 2.07. The summed E-state index contributed by atoms with van der Waals surface area (Å²) in [6.45, 7) is 4.32. The molecule has 0 atom stereocenters. The van der Waals surface area contributed by atoms with Crippen molar-refractivity contribution in [1.82, 2.24) is 9.97 Å². The minimum absolute atomic E-state index is 0.596. The Morgan fingerprint density at radius 1 is 1.54 bits per heavy atom. The van der Waals surface area contributed by atoms with Gasteiger partial charge in [0.2, 0.25) is 5.88 Å². The smallest absolute Gasteiger partial charge is 0.246 e. The summed E-state index contributed by atoms with van der Waals surface area (Å²) in [6.07, 6.45) is 2.75. The summed E-state index contributed by atoms with van der Waals surface area (Å²) in [5.41, 5.74) is 0.993. The molecule has 0 N–H and O–H groups in total. The molecule has 0 unspecified atom stereocenters. The molecular formula is C9H13IN2O. The molecule has 0 aliphatic heterocycles. The minimum Gasteiger partial charge on any atom is -0.479 e. The summed E-state index contributed by atoms with van der Waals surface area (Å²) in [5, 5.41) is 0. The lowest BCUT2D eigenvalue weighted by Gasteiger charge is -2.06. The third kappa shape index (κ3) is 3.10. The Labute approximate surface area is 92.1 Å². The van der Waals surface area contributed by atoms with Crippen LogP contribution in [0.2, 0.25) is 0 Å². The first-order chi connectivity index (χ1) is 6.13. The Bertz CT molecular complexity index is 289. The van der Waals surface area contributed by atoms with E-state index in [9.17, 15) is 0 Å². The standard InChI is InChI=1S/C9H13IN2O/c1-6(2)4-7-5-11-8(10)9(12-7)13-3/h5-6H,4H2,1-3H3. The topological polar surface area (TPSA) is 35.0 Å². The maximum Gasteiger partial charge on any atom is 0.246 e. The summed E-state index contributed by atoms with van der Waals surface area (Å²) >= 11 is 2.11. The fraction of sp³-hybridized carbons (Fsp3) is 0.556. The lowest BCUT2D eigenvalue weighted by atomic mass is 10.1. The number of rotatable bonds is 3. The molecule has 1 aromatic heterocycles. The van der Waals surface area contributed by atoms with E-state index in [1.165, 1.54) is 0 Å². The number of ether oxygens (including phenoxy) is 1. The van der Waals surface area contributed by atoms with Gasteiger partial charge < -0.3 is 4.74 Å². The normalized spacial score (nSPS) is 10.5. The number of nitrogens with zero attached hydrogens (tertiary/aromatic N) is 2. The van der Waals surface area contributed by atoms with Crippen LogP contribution in [0.3, 0.4) is 0 Å². The fourth-order valence-electron chi connectivity index (χ4n) is 1.04. The molecule has 1 rings (SSSR count). The third-order valence-corrected chi connectivity index (χ3v) is 2.30. The molecule has 4 heteroatoms. The SMILES string of the molecule is COc1nc(CC(C)C)cnc1I. The van der Waals surface area contributed by atoms with Crippen molar-refractivity contribution < 1.29 is 4.74 Å². The molecule has 0 fully saturated rings. The number of hydrogen-bond donors (Lipinski definition) is 0. The van der Waals surface area contributed by atoms with E-state index in [4.69, 9.17) is 4.74 Å². The zero-order valence-corrected chi connectivity index (χ0v) is 10.2. The van der Waals surface area contributed by atoms with Gasteiger partial charge in [0, 0.05) is 6.20 Å². The molecule has 3 nitrogen and oxygen atoms in total. The third-order valence-electron chi connectivity index (χ3n) is 1.56. The molecular weight excluding hydrogens is 279 g/mol. The van der Waals surface area contributed by atoms with E-state index in [1.54, 1.807) is 7.11 Å². The lowest BCUT2D eigenvalue weighted by molar-refractivity contribution is 0.389. The zero-order chi connectivity index (χ0) is 9.84. The second kappa shape index (κ2) is 4.74. The van der Waals surface area contributed by atoms with Crippen molar-refractivity contribution in [1.29, 1.82) is 0 Å². The lowest BCUT2D eigenvalue weighted by Crippen LogP contribution is -2.02. The van der Waals surface area contributed by atoms with Crippen molar-refractivity contribution in [2.45, 2.75) is 20.3 Å². The van der Waals surface area contributed by atoms with Crippen molar-refractivity contribution in [2.75, 3.05) is 7.11 Å². The van der Waals surface area contributed by atoms with Gasteiger partial charge >= 0.3 is 0 Å². The van der Waals surface area contributed by atoms with Gasteiger partial charge in [-0.2, -0.15) is 0 Å².